The van der Waals surface area contributed by atoms with Crippen LogP contribution in [0.25, 0.3) is 10.9 Å². The largest absolute Gasteiger partial charge is 0.369 e. The average Bonchev–Trinajstić information content (AvgIpc) is 2.77. The molecule has 0 aliphatic heterocycles. The number of nitrogens with one attached hydrogen (secondary N) is 3. The van der Waals surface area contributed by atoms with Crippen LogP contribution in [0.2, 0.25) is 0 Å². The van der Waals surface area contributed by atoms with Crippen LogP contribution in [0.1, 0.15) is 5.56 Å². The third kappa shape index (κ3) is 5.11. The number of fused-ring (bicyclic) bond motifs is 1. The Labute approximate surface area is 177 Å². The molecule has 0 spiro atoms. The number of urea groups is 1. The SMILES string of the molecule is O=C(Nc1ccccc1)Nc1ccc(CCNc2ncnc3cc(F)c(F)cc23)cc1. The Morgan fingerprint density at radius 3 is 2.26 bits per heavy atom. The van der Waals surface area contributed by atoms with Crippen molar-refractivity contribution in [1.29, 1.82) is 0 Å². The normalized spacial score (nSPS) is 10.6. The maximum absolute atomic E-state index is 13.6. The lowest BCUT2D eigenvalue weighted by Crippen LogP contribution is -2.19. The highest BCUT2D eigenvalue weighted by Crippen LogP contribution is 2.22. The monoisotopic (exact) mass is 419 g/mol. The molecule has 1 heterocycles. The predicted octanol–water partition coefficient (Wildman–Crippen LogP) is 5.21. The lowest BCUT2D eigenvalue weighted by molar-refractivity contribution is 0.262. The molecule has 1 aromatic heterocycles. The highest BCUT2D eigenvalue weighted by Gasteiger charge is 2.09. The maximum atomic E-state index is 13.6. The Morgan fingerprint density at radius 2 is 1.52 bits per heavy atom. The van der Waals surface area contributed by atoms with E-state index in [9.17, 15) is 13.6 Å². The minimum atomic E-state index is -0.941. The molecule has 0 saturated heterocycles. The molecule has 31 heavy (non-hydrogen) atoms. The highest BCUT2D eigenvalue weighted by atomic mass is 19.2. The van der Waals surface area contributed by atoms with Crippen LogP contribution in [-0.2, 0) is 6.42 Å². The molecule has 8 heteroatoms. The molecule has 156 valence electrons. The molecule has 0 aliphatic carbocycles. The summed E-state index contributed by atoms with van der Waals surface area (Å²) in [7, 11) is 0. The van der Waals surface area contributed by atoms with Gasteiger partial charge in [-0.1, -0.05) is 30.3 Å². The van der Waals surface area contributed by atoms with Gasteiger partial charge in [-0.2, -0.15) is 0 Å². The molecule has 0 saturated carbocycles. The van der Waals surface area contributed by atoms with Crippen LogP contribution in [0.15, 0.2) is 73.1 Å². The Hall–Kier alpha value is -4.07. The zero-order valence-electron chi connectivity index (χ0n) is 16.4. The summed E-state index contributed by atoms with van der Waals surface area (Å²) in [4.78, 5) is 20.1. The zero-order valence-corrected chi connectivity index (χ0v) is 16.4. The average molecular weight is 419 g/mol. The molecule has 0 fully saturated rings. The number of rotatable bonds is 6. The van der Waals surface area contributed by atoms with Crippen molar-refractivity contribution < 1.29 is 13.6 Å². The van der Waals surface area contributed by atoms with E-state index in [1.807, 2.05) is 42.5 Å². The number of carbonyl (C=O) groups is 1. The summed E-state index contributed by atoms with van der Waals surface area (Å²) >= 11 is 0. The first-order chi connectivity index (χ1) is 15.1. The number of nitrogens with zero attached hydrogens (tertiary/aromatic N) is 2. The summed E-state index contributed by atoms with van der Waals surface area (Å²) in [5.74, 6) is -1.44. The molecule has 2 amide bonds. The first-order valence-electron chi connectivity index (χ1n) is 9.64. The summed E-state index contributed by atoms with van der Waals surface area (Å²) in [5, 5.41) is 9.10. The summed E-state index contributed by atoms with van der Waals surface area (Å²) in [6, 6.07) is 18.5. The molecule has 0 unspecified atom stereocenters. The molecule has 6 nitrogen and oxygen atoms in total. The van der Waals surface area contributed by atoms with Crippen molar-refractivity contribution in [1.82, 2.24) is 9.97 Å². The van der Waals surface area contributed by atoms with Crippen LogP contribution >= 0.6 is 0 Å². The molecular formula is C23H19F2N5O. The number of carbonyl (C=O) groups excluding carboxylic acids is 1. The van der Waals surface area contributed by atoms with Crippen LogP contribution in [0, 0.1) is 11.6 Å². The van der Waals surface area contributed by atoms with Crippen LogP contribution in [0.4, 0.5) is 30.8 Å². The van der Waals surface area contributed by atoms with Crippen LogP contribution in [-0.4, -0.2) is 22.5 Å². The van der Waals surface area contributed by atoms with Crippen molar-refractivity contribution in [3.8, 4) is 0 Å². The standard InChI is InChI=1S/C23H19F2N5O/c24-19-12-18-21(13-20(19)25)27-14-28-22(18)26-11-10-15-6-8-17(9-7-15)30-23(31)29-16-4-2-1-3-5-16/h1-9,12-14H,10-11H2,(H,26,27,28)(H2,29,30,31). The van der Waals surface area contributed by atoms with Crippen molar-refractivity contribution in [3.05, 3.63) is 90.3 Å². The van der Waals surface area contributed by atoms with E-state index in [-0.39, 0.29) is 6.03 Å². The minimum absolute atomic E-state index is 0.320. The smallest absolute Gasteiger partial charge is 0.323 e. The van der Waals surface area contributed by atoms with Gasteiger partial charge < -0.3 is 16.0 Å². The quantitative estimate of drug-likeness (QED) is 0.401. The van der Waals surface area contributed by atoms with Gasteiger partial charge in [-0.05, 0) is 42.3 Å². The Balaban J connectivity index is 1.32. The van der Waals surface area contributed by atoms with E-state index < -0.39 is 11.6 Å². The van der Waals surface area contributed by atoms with Crippen LogP contribution in [0.5, 0.6) is 0 Å². The lowest BCUT2D eigenvalue weighted by Gasteiger charge is -2.10. The fraction of sp³-hybridized carbons (Fsp3) is 0.0870. The van der Waals surface area contributed by atoms with Gasteiger partial charge in [0.1, 0.15) is 12.1 Å². The summed E-state index contributed by atoms with van der Waals surface area (Å²) in [6.07, 6.45) is 1.98. The third-order valence-corrected chi connectivity index (χ3v) is 4.63. The number of amides is 2. The van der Waals surface area contributed by atoms with E-state index in [2.05, 4.69) is 25.9 Å². The number of benzene rings is 3. The van der Waals surface area contributed by atoms with Crippen LogP contribution in [0.3, 0.4) is 0 Å². The molecule has 0 aliphatic rings. The van der Waals surface area contributed by atoms with Gasteiger partial charge in [0.2, 0.25) is 0 Å². The Bertz CT molecular complexity index is 1200. The van der Waals surface area contributed by atoms with Crippen LogP contribution < -0.4 is 16.0 Å². The molecule has 4 aromatic rings. The summed E-state index contributed by atoms with van der Waals surface area (Å²) in [5.41, 5.74) is 2.75. The van der Waals surface area contributed by atoms with E-state index >= 15 is 0 Å². The number of para-hydroxylation sites is 1. The first kappa shape index (κ1) is 20.2. The number of anilines is 3. The number of hydrogen-bond acceptors (Lipinski definition) is 4. The van der Waals surface area contributed by atoms with E-state index in [0.29, 0.717) is 41.1 Å². The molecule has 0 atom stereocenters. The van der Waals surface area contributed by atoms with Gasteiger partial charge in [0.05, 0.1) is 5.52 Å². The van der Waals surface area contributed by atoms with Crippen molar-refractivity contribution in [2.45, 2.75) is 6.42 Å². The topological polar surface area (TPSA) is 78.9 Å². The molecule has 0 radical (unpaired) electrons. The second-order valence-electron chi connectivity index (χ2n) is 6.82. The summed E-state index contributed by atoms with van der Waals surface area (Å²) < 4.78 is 27.0. The van der Waals surface area contributed by atoms with Gasteiger partial charge in [0.25, 0.3) is 0 Å². The van der Waals surface area contributed by atoms with Gasteiger partial charge in [-0.3, -0.25) is 0 Å². The van der Waals surface area contributed by atoms with Gasteiger partial charge in [-0.25, -0.2) is 23.5 Å². The van der Waals surface area contributed by atoms with Crippen molar-refractivity contribution in [2.75, 3.05) is 22.5 Å². The zero-order chi connectivity index (χ0) is 21.6. The second-order valence-corrected chi connectivity index (χ2v) is 6.82. The molecule has 0 bridgehead atoms. The number of aromatic nitrogens is 2. The van der Waals surface area contributed by atoms with Gasteiger partial charge in [0.15, 0.2) is 11.6 Å². The lowest BCUT2D eigenvalue weighted by atomic mass is 10.1. The van der Waals surface area contributed by atoms with E-state index in [4.69, 9.17) is 0 Å². The van der Waals surface area contributed by atoms with Gasteiger partial charge in [0, 0.05) is 29.4 Å². The molecular weight excluding hydrogens is 400 g/mol. The number of hydrogen-bond donors (Lipinski definition) is 3. The second kappa shape index (κ2) is 9.17. The minimum Gasteiger partial charge on any atom is -0.369 e. The van der Waals surface area contributed by atoms with Crippen molar-refractivity contribution in [3.63, 3.8) is 0 Å². The fourth-order valence-corrected chi connectivity index (χ4v) is 3.09. The number of halogens is 2. The first-order valence-corrected chi connectivity index (χ1v) is 9.64. The summed E-state index contributed by atoms with van der Waals surface area (Å²) in [6.45, 7) is 0.534. The van der Waals surface area contributed by atoms with Crippen molar-refractivity contribution >= 4 is 34.1 Å². The van der Waals surface area contributed by atoms with Crippen molar-refractivity contribution in [2.24, 2.45) is 0 Å². The third-order valence-electron chi connectivity index (χ3n) is 4.63. The van der Waals surface area contributed by atoms with E-state index in [1.165, 1.54) is 6.33 Å². The van der Waals surface area contributed by atoms with E-state index in [1.54, 1.807) is 12.1 Å². The Kier molecular flexibility index (Phi) is 5.98. The maximum Gasteiger partial charge on any atom is 0.323 e. The van der Waals surface area contributed by atoms with Gasteiger partial charge >= 0.3 is 6.03 Å². The molecule has 3 aromatic carbocycles. The Morgan fingerprint density at radius 1 is 0.839 bits per heavy atom. The van der Waals surface area contributed by atoms with Gasteiger partial charge in [-0.15, -0.1) is 0 Å². The highest BCUT2D eigenvalue weighted by molar-refractivity contribution is 5.99. The molecule has 4 rings (SSSR count). The predicted molar refractivity (Wildman–Crippen MR) is 117 cm³/mol. The van der Waals surface area contributed by atoms with E-state index in [0.717, 1.165) is 17.7 Å². The molecule has 3 N–H and O–H groups in total. The fourth-order valence-electron chi connectivity index (χ4n) is 3.09.